The molecule has 0 saturated carbocycles. The highest BCUT2D eigenvalue weighted by Gasteiger charge is 2.36. The van der Waals surface area contributed by atoms with Crippen molar-refractivity contribution in [2.75, 3.05) is 4.90 Å². The molecular formula is C51H33N3S. The minimum atomic E-state index is -0.118. The number of benzene rings is 8. The lowest BCUT2D eigenvalue weighted by atomic mass is 9.82. The average Bonchev–Trinajstić information content (AvgIpc) is 3.94. The van der Waals surface area contributed by atoms with Gasteiger partial charge in [0.2, 0.25) is 0 Å². The minimum Gasteiger partial charge on any atom is -0.309 e. The zero-order valence-corrected chi connectivity index (χ0v) is 31.2. The standard InChI is InChI=1S/C51H33N3S/c1-51(2)40-17-7-3-12-32(40)33-24-22-30(28-41(33)51)52(45-20-11-16-39-36-15-6-10-21-47(36)55-50(39)45)31-23-27-44-46(29-31)54-43-19-9-5-14-35(43)38-26-25-37-34-13-4-8-18-42(34)53(44)48(37)49(38)54/h3-29H,1-2H3. The van der Waals surface area contributed by atoms with E-state index in [2.05, 4.69) is 191 Å². The van der Waals surface area contributed by atoms with Gasteiger partial charge < -0.3 is 13.7 Å². The molecule has 0 radical (unpaired) electrons. The van der Waals surface area contributed by atoms with Crippen molar-refractivity contribution >= 4 is 103 Å². The van der Waals surface area contributed by atoms with Crippen molar-refractivity contribution in [2.45, 2.75) is 19.3 Å². The molecule has 0 amide bonds. The first-order chi connectivity index (χ1) is 27.1. The molecule has 0 bridgehead atoms. The van der Waals surface area contributed by atoms with Gasteiger partial charge in [0.1, 0.15) is 0 Å². The van der Waals surface area contributed by atoms with Gasteiger partial charge in [0, 0.05) is 53.8 Å². The van der Waals surface area contributed by atoms with Crippen LogP contribution in [0.3, 0.4) is 0 Å². The van der Waals surface area contributed by atoms with Crippen LogP contribution in [0.25, 0.3) is 85.9 Å². The van der Waals surface area contributed by atoms with Gasteiger partial charge in [-0.3, -0.25) is 0 Å². The van der Waals surface area contributed by atoms with E-state index in [1.54, 1.807) is 0 Å². The van der Waals surface area contributed by atoms with Crippen LogP contribution in [0.4, 0.5) is 17.1 Å². The van der Waals surface area contributed by atoms with Crippen molar-refractivity contribution in [3.8, 4) is 11.1 Å². The van der Waals surface area contributed by atoms with Crippen LogP contribution in [0, 0.1) is 0 Å². The second-order valence-electron chi connectivity index (χ2n) is 15.7. The maximum atomic E-state index is 2.53. The summed E-state index contributed by atoms with van der Waals surface area (Å²) in [6.07, 6.45) is 0. The van der Waals surface area contributed by atoms with E-state index in [1.165, 1.54) is 103 Å². The van der Waals surface area contributed by atoms with Gasteiger partial charge in [-0.25, -0.2) is 0 Å². The molecule has 0 fully saturated rings. The summed E-state index contributed by atoms with van der Waals surface area (Å²) in [7, 11) is 0. The Balaban J connectivity index is 1.16. The lowest BCUT2D eigenvalue weighted by Crippen LogP contribution is -2.16. The molecule has 0 spiro atoms. The minimum absolute atomic E-state index is 0.118. The predicted octanol–water partition coefficient (Wildman–Crippen LogP) is 14.4. The Bertz CT molecular complexity index is 3590. The van der Waals surface area contributed by atoms with E-state index in [-0.39, 0.29) is 5.41 Å². The first-order valence-electron chi connectivity index (χ1n) is 19.1. The number of nitrogens with zero attached hydrogens (tertiary/aromatic N) is 3. The molecule has 0 saturated heterocycles. The number of hydrogen-bond donors (Lipinski definition) is 0. The molecule has 13 rings (SSSR count). The summed E-state index contributed by atoms with van der Waals surface area (Å²) in [4.78, 5) is 2.52. The van der Waals surface area contributed by atoms with Crippen molar-refractivity contribution in [3.05, 3.63) is 175 Å². The van der Waals surface area contributed by atoms with Crippen molar-refractivity contribution in [3.63, 3.8) is 0 Å². The molecule has 1 aliphatic rings. The van der Waals surface area contributed by atoms with E-state index < -0.39 is 0 Å². The topological polar surface area (TPSA) is 12.1 Å². The molecule has 8 aromatic carbocycles. The fourth-order valence-electron chi connectivity index (χ4n) is 10.2. The van der Waals surface area contributed by atoms with Crippen LogP contribution >= 0.6 is 11.3 Å². The molecule has 0 atom stereocenters. The summed E-state index contributed by atoms with van der Waals surface area (Å²) in [6, 6.07) is 61.3. The molecule has 1 aliphatic carbocycles. The third-order valence-electron chi connectivity index (χ3n) is 12.6. The van der Waals surface area contributed by atoms with E-state index in [0.29, 0.717) is 0 Å². The Morgan fingerprint density at radius 2 is 1.04 bits per heavy atom. The monoisotopic (exact) mass is 719 g/mol. The molecule has 0 unspecified atom stereocenters. The molecule has 258 valence electrons. The normalized spacial score (nSPS) is 13.8. The van der Waals surface area contributed by atoms with Gasteiger partial charge in [-0.05, 0) is 76.9 Å². The van der Waals surface area contributed by atoms with Crippen molar-refractivity contribution in [1.82, 2.24) is 8.80 Å². The highest BCUT2D eigenvalue weighted by atomic mass is 32.1. The molecule has 4 heterocycles. The molecule has 3 nitrogen and oxygen atoms in total. The molecule has 0 N–H and O–H groups in total. The van der Waals surface area contributed by atoms with E-state index in [9.17, 15) is 0 Å². The Labute approximate surface area is 320 Å². The number of thiophene rings is 1. The number of hydrogen-bond acceptors (Lipinski definition) is 2. The smallest absolute Gasteiger partial charge is 0.0789 e. The Kier molecular flexibility index (Phi) is 5.59. The van der Waals surface area contributed by atoms with Crippen molar-refractivity contribution in [1.29, 1.82) is 0 Å². The number of para-hydroxylation sites is 2. The van der Waals surface area contributed by atoms with Crippen LogP contribution in [-0.4, -0.2) is 8.80 Å². The van der Waals surface area contributed by atoms with Crippen molar-refractivity contribution < 1.29 is 0 Å². The maximum absolute atomic E-state index is 2.53. The molecule has 55 heavy (non-hydrogen) atoms. The summed E-state index contributed by atoms with van der Waals surface area (Å²) in [6.45, 7) is 4.75. The summed E-state index contributed by atoms with van der Waals surface area (Å²) < 4.78 is 7.65. The van der Waals surface area contributed by atoms with Crippen LogP contribution in [0.2, 0.25) is 0 Å². The highest BCUT2D eigenvalue weighted by Crippen LogP contribution is 2.52. The SMILES string of the molecule is CC1(C)c2ccccc2-c2ccc(N(c3ccc4c(c3)n3c5ccccc5c5ccc6c7ccccc7n4c6c53)c3cccc4c3sc3ccccc34)cc21. The van der Waals surface area contributed by atoms with Gasteiger partial charge in [-0.15, -0.1) is 11.3 Å². The lowest BCUT2D eigenvalue weighted by molar-refractivity contribution is 0.660. The van der Waals surface area contributed by atoms with Gasteiger partial charge in [-0.1, -0.05) is 123 Å². The average molecular weight is 720 g/mol. The van der Waals surface area contributed by atoms with E-state index in [0.717, 1.165) is 11.4 Å². The summed E-state index contributed by atoms with van der Waals surface area (Å²) in [5.41, 5.74) is 16.2. The summed E-state index contributed by atoms with van der Waals surface area (Å²) in [5.74, 6) is 0. The molecule has 12 aromatic rings. The van der Waals surface area contributed by atoms with Gasteiger partial charge in [0.05, 0.1) is 43.5 Å². The Hall–Kier alpha value is -6.62. The summed E-state index contributed by atoms with van der Waals surface area (Å²) >= 11 is 1.89. The van der Waals surface area contributed by atoms with Gasteiger partial charge in [0.15, 0.2) is 0 Å². The first-order valence-corrected chi connectivity index (χ1v) is 19.9. The van der Waals surface area contributed by atoms with Crippen LogP contribution in [0.15, 0.2) is 164 Å². The second kappa shape index (κ2) is 10.3. The number of aromatic nitrogens is 2. The third kappa shape index (κ3) is 3.70. The third-order valence-corrected chi connectivity index (χ3v) is 13.8. The van der Waals surface area contributed by atoms with E-state index in [1.807, 2.05) is 11.3 Å². The van der Waals surface area contributed by atoms with Crippen LogP contribution in [-0.2, 0) is 5.41 Å². The Morgan fingerprint density at radius 3 is 1.82 bits per heavy atom. The zero-order valence-electron chi connectivity index (χ0n) is 30.3. The fourth-order valence-corrected chi connectivity index (χ4v) is 11.4. The molecular weight excluding hydrogens is 687 g/mol. The Morgan fingerprint density at radius 1 is 0.436 bits per heavy atom. The van der Waals surface area contributed by atoms with Crippen LogP contribution in [0.5, 0.6) is 0 Å². The quantitative estimate of drug-likeness (QED) is 0.166. The second-order valence-corrected chi connectivity index (χ2v) is 16.8. The molecule has 0 aliphatic heterocycles. The predicted molar refractivity (Wildman–Crippen MR) is 235 cm³/mol. The lowest BCUT2D eigenvalue weighted by Gasteiger charge is -2.29. The number of rotatable bonds is 3. The summed E-state index contributed by atoms with van der Waals surface area (Å²) in [5, 5.41) is 7.75. The number of anilines is 3. The van der Waals surface area contributed by atoms with E-state index in [4.69, 9.17) is 0 Å². The largest absolute Gasteiger partial charge is 0.309 e. The maximum Gasteiger partial charge on any atom is 0.0789 e. The van der Waals surface area contributed by atoms with Crippen molar-refractivity contribution in [2.24, 2.45) is 0 Å². The zero-order chi connectivity index (χ0) is 36.2. The van der Waals surface area contributed by atoms with Crippen LogP contribution in [0.1, 0.15) is 25.0 Å². The first kappa shape index (κ1) is 29.8. The molecule has 4 heteroatoms. The fraction of sp³-hybridized carbons (Fsp3) is 0.0588. The van der Waals surface area contributed by atoms with E-state index >= 15 is 0 Å². The van der Waals surface area contributed by atoms with Gasteiger partial charge >= 0.3 is 0 Å². The van der Waals surface area contributed by atoms with Crippen LogP contribution < -0.4 is 4.90 Å². The highest BCUT2D eigenvalue weighted by molar-refractivity contribution is 7.26. The number of fused-ring (bicyclic) bond motifs is 15. The van der Waals surface area contributed by atoms with Gasteiger partial charge in [-0.2, -0.15) is 0 Å². The van der Waals surface area contributed by atoms with Gasteiger partial charge in [0.25, 0.3) is 0 Å². The molecule has 4 aromatic heterocycles.